The van der Waals surface area contributed by atoms with E-state index in [-0.39, 0.29) is 17.8 Å². The molecule has 0 saturated carbocycles. The highest BCUT2D eigenvalue weighted by atomic mass is 19.1. The molecule has 1 atom stereocenters. The van der Waals surface area contributed by atoms with E-state index < -0.39 is 0 Å². The Hall–Kier alpha value is -2.14. The lowest BCUT2D eigenvalue weighted by molar-refractivity contribution is -0.121. The number of rotatable bonds is 8. The maximum atomic E-state index is 13.7. The van der Waals surface area contributed by atoms with E-state index in [1.165, 1.54) is 6.07 Å². The van der Waals surface area contributed by atoms with E-state index in [0.29, 0.717) is 49.3 Å². The summed E-state index contributed by atoms with van der Waals surface area (Å²) in [5.41, 5.74) is 0.414. The maximum Gasteiger partial charge on any atom is 0.220 e. The minimum Gasteiger partial charge on any atom is -0.461 e. The molecule has 23 heavy (non-hydrogen) atoms. The van der Waals surface area contributed by atoms with Gasteiger partial charge in [0.2, 0.25) is 5.91 Å². The van der Waals surface area contributed by atoms with Crippen molar-refractivity contribution in [2.24, 2.45) is 0 Å². The second-order valence-corrected chi connectivity index (χ2v) is 5.45. The summed E-state index contributed by atoms with van der Waals surface area (Å²) in [7, 11) is 0. The molecule has 2 N–H and O–H groups in total. The Morgan fingerprint density at radius 3 is 2.83 bits per heavy atom. The first-order valence-electron chi connectivity index (χ1n) is 7.88. The van der Waals surface area contributed by atoms with E-state index in [0.717, 1.165) is 0 Å². The van der Waals surface area contributed by atoms with Crippen LogP contribution in [0.2, 0.25) is 0 Å². The first-order valence-corrected chi connectivity index (χ1v) is 7.88. The molecule has 1 amide bonds. The molecule has 0 bridgehead atoms. The number of carbonyl (C=O) groups excluding carboxylic acids is 1. The monoisotopic (exact) mass is 319 g/mol. The fourth-order valence-electron chi connectivity index (χ4n) is 2.23. The highest BCUT2D eigenvalue weighted by Crippen LogP contribution is 2.25. The molecule has 4 nitrogen and oxygen atoms in total. The summed E-state index contributed by atoms with van der Waals surface area (Å²) in [5, 5.41) is 12.2. The van der Waals surface area contributed by atoms with Crippen molar-refractivity contribution in [3.63, 3.8) is 0 Å². The lowest BCUT2D eigenvalue weighted by Gasteiger charge is -2.08. The van der Waals surface area contributed by atoms with Gasteiger partial charge in [-0.25, -0.2) is 4.39 Å². The molecule has 1 unspecified atom stereocenters. The normalized spacial score (nSPS) is 12.1. The molecule has 0 aliphatic carbocycles. The molecule has 0 radical (unpaired) electrons. The Balaban J connectivity index is 1.81. The van der Waals surface area contributed by atoms with Crippen molar-refractivity contribution in [2.45, 2.75) is 38.7 Å². The van der Waals surface area contributed by atoms with Crippen LogP contribution in [0.4, 0.5) is 4.39 Å². The topological polar surface area (TPSA) is 62.5 Å². The summed E-state index contributed by atoms with van der Waals surface area (Å²) in [6.07, 6.45) is 1.62. The van der Waals surface area contributed by atoms with Crippen molar-refractivity contribution in [3.8, 4) is 11.3 Å². The quantitative estimate of drug-likeness (QED) is 0.785. The summed E-state index contributed by atoms with van der Waals surface area (Å²) in [4.78, 5) is 11.7. The van der Waals surface area contributed by atoms with Gasteiger partial charge >= 0.3 is 0 Å². The number of furan rings is 1. The van der Waals surface area contributed by atoms with Gasteiger partial charge in [0, 0.05) is 19.4 Å². The summed E-state index contributed by atoms with van der Waals surface area (Å²) < 4.78 is 19.3. The Labute approximate surface area is 135 Å². The van der Waals surface area contributed by atoms with E-state index in [1.54, 1.807) is 30.3 Å². The van der Waals surface area contributed by atoms with Crippen molar-refractivity contribution in [3.05, 3.63) is 48.0 Å². The first-order chi connectivity index (χ1) is 11.1. The van der Waals surface area contributed by atoms with Crippen molar-refractivity contribution in [2.75, 3.05) is 6.54 Å². The van der Waals surface area contributed by atoms with Crippen LogP contribution in [0.15, 0.2) is 40.8 Å². The molecule has 0 aliphatic heterocycles. The van der Waals surface area contributed by atoms with Crippen LogP contribution in [-0.4, -0.2) is 23.7 Å². The second-order valence-electron chi connectivity index (χ2n) is 5.45. The summed E-state index contributed by atoms with van der Waals surface area (Å²) in [5.74, 6) is 0.689. The number of hydrogen-bond donors (Lipinski definition) is 2. The smallest absolute Gasteiger partial charge is 0.220 e. The van der Waals surface area contributed by atoms with Crippen LogP contribution in [-0.2, 0) is 11.2 Å². The van der Waals surface area contributed by atoms with Gasteiger partial charge in [0.15, 0.2) is 0 Å². The minimum absolute atomic E-state index is 0.0860. The van der Waals surface area contributed by atoms with Crippen LogP contribution in [0.25, 0.3) is 11.3 Å². The molecule has 124 valence electrons. The standard InChI is InChI=1S/C18H22FNO3/c1-2-13(21)11-12-20-18(22)10-8-14-7-9-17(23-14)15-5-3-4-6-16(15)19/h3-7,9,13,21H,2,8,10-12H2,1H3,(H,20,22). The zero-order valence-electron chi connectivity index (χ0n) is 13.2. The van der Waals surface area contributed by atoms with Crippen molar-refractivity contribution in [1.82, 2.24) is 5.32 Å². The van der Waals surface area contributed by atoms with Gasteiger partial charge in [-0.15, -0.1) is 0 Å². The number of aryl methyl sites for hydroxylation is 1. The van der Waals surface area contributed by atoms with Crippen LogP contribution >= 0.6 is 0 Å². The zero-order valence-corrected chi connectivity index (χ0v) is 13.2. The van der Waals surface area contributed by atoms with E-state index in [2.05, 4.69) is 5.32 Å². The third-order valence-corrected chi connectivity index (χ3v) is 3.67. The van der Waals surface area contributed by atoms with Crippen molar-refractivity contribution in [1.29, 1.82) is 0 Å². The van der Waals surface area contributed by atoms with Gasteiger partial charge in [0.25, 0.3) is 0 Å². The molecule has 1 heterocycles. The molecule has 2 rings (SSSR count). The van der Waals surface area contributed by atoms with Crippen molar-refractivity contribution >= 4 is 5.91 Å². The average molecular weight is 319 g/mol. The zero-order chi connectivity index (χ0) is 16.7. The molecular formula is C18H22FNO3. The van der Waals surface area contributed by atoms with E-state index in [4.69, 9.17) is 4.42 Å². The molecule has 1 aromatic carbocycles. The molecule has 1 aromatic heterocycles. The van der Waals surface area contributed by atoms with Gasteiger partial charge in [-0.05, 0) is 37.1 Å². The van der Waals surface area contributed by atoms with Gasteiger partial charge in [0.1, 0.15) is 17.3 Å². The summed E-state index contributed by atoms with van der Waals surface area (Å²) in [6, 6.07) is 9.89. The lowest BCUT2D eigenvalue weighted by atomic mass is 10.1. The predicted molar refractivity (Wildman–Crippen MR) is 86.3 cm³/mol. The van der Waals surface area contributed by atoms with Gasteiger partial charge < -0.3 is 14.8 Å². The first kappa shape index (κ1) is 17.2. The van der Waals surface area contributed by atoms with Crippen LogP contribution in [0.5, 0.6) is 0 Å². The van der Waals surface area contributed by atoms with E-state index in [9.17, 15) is 14.3 Å². The maximum absolute atomic E-state index is 13.7. The van der Waals surface area contributed by atoms with Crippen LogP contribution in [0, 0.1) is 5.82 Å². The number of nitrogens with one attached hydrogen (secondary N) is 1. The Morgan fingerprint density at radius 2 is 2.09 bits per heavy atom. The van der Waals surface area contributed by atoms with Gasteiger partial charge in [-0.2, -0.15) is 0 Å². The molecule has 0 spiro atoms. The number of aliphatic hydroxyl groups is 1. The minimum atomic E-state index is -0.372. The van der Waals surface area contributed by atoms with Gasteiger partial charge in [-0.3, -0.25) is 4.79 Å². The average Bonchev–Trinajstić information content (AvgIpc) is 3.02. The SMILES string of the molecule is CCC(O)CCNC(=O)CCc1ccc(-c2ccccc2F)o1. The third-order valence-electron chi connectivity index (χ3n) is 3.67. The lowest BCUT2D eigenvalue weighted by Crippen LogP contribution is -2.27. The predicted octanol–water partition coefficient (Wildman–Crippen LogP) is 3.30. The third kappa shape index (κ3) is 5.21. The molecule has 2 aromatic rings. The van der Waals surface area contributed by atoms with E-state index in [1.807, 2.05) is 6.92 Å². The van der Waals surface area contributed by atoms with Gasteiger partial charge in [-0.1, -0.05) is 19.1 Å². The van der Waals surface area contributed by atoms with Gasteiger partial charge in [0.05, 0.1) is 11.7 Å². The second kappa shape index (κ2) is 8.48. The van der Waals surface area contributed by atoms with Crippen LogP contribution < -0.4 is 5.32 Å². The largest absolute Gasteiger partial charge is 0.461 e. The molecule has 0 saturated heterocycles. The number of halogens is 1. The fraction of sp³-hybridized carbons (Fsp3) is 0.389. The number of carbonyl (C=O) groups is 1. The highest BCUT2D eigenvalue weighted by Gasteiger charge is 2.10. The van der Waals surface area contributed by atoms with Crippen molar-refractivity contribution < 1.29 is 18.7 Å². The fourth-order valence-corrected chi connectivity index (χ4v) is 2.23. The molecule has 0 fully saturated rings. The summed E-state index contributed by atoms with van der Waals surface area (Å²) in [6.45, 7) is 2.36. The number of aliphatic hydroxyl groups excluding tert-OH is 1. The number of hydrogen-bond acceptors (Lipinski definition) is 3. The van der Waals surface area contributed by atoms with E-state index >= 15 is 0 Å². The molecular weight excluding hydrogens is 297 g/mol. The molecule has 5 heteroatoms. The van der Waals surface area contributed by atoms with Crippen LogP contribution in [0.3, 0.4) is 0 Å². The Morgan fingerprint density at radius 1 is 1.30 bits per heavy atom. The Bertz CT molecular complexity index is 639. The molecule has 0 aliphatic rings. The Kier molecular flexibility index (Phi) is 6.35. The summed E-state index contributed by atoms with van der Waals surface area (Å²) >= 11 is 0. The number of amides is 1. The highest BCUT2D eigenvalue weighted by molar-refractivity contribution is 5.76. The number of benzene rings is 1. The van der Waals surface area contributed by atoms with Crippen LogP contribution in [0.1, 0.15) is 31.9 Å².